The van der Waals surface area contributed by atoms with Crippen molar-refractivity contribution in [3.63, 3.8) is 0 Å². The maximum atomic E-state index is 13.3. The first-order valence-electron chi connectivity index (χ1n) is 8.54. The van der Waals surface area contributed by atoms with E-state index in [9.17, 15) is 26.7 Å². The second-order valence-electron chi connectivity index (χ2n) is 6.70. The van der Waals surface area contributed by atoms with E-state index < -0.39 is 36.4 Å². The number of halogens is 5. The van der Waals surface area contributed by atoms with E-state index in [0.29, 0.717) is 17.7 Å². The number of nitrogens with one attached hydrogen (secondary N) is 1. The van der Waals surface area contributed by atoms with E-state index >= 15 is 0 Å². The highest BCUT2D eigenvalue weighted by atomic mass is 19.4. The maximum Gasteiger partial charge on any atom is 0.422 e. The topological polar surface area (TPSA) is 51.2 Å². The second kappa shape index (κ2) is 7.73. The molecule has 150 valence electrons. The van der Waals surface area contributed by atoms with Crippen LogP contribution >= 0.6 is 0 Å². The van der Waals surface area contributed by atoms with E-state index in [1.54, 1.807) is 6.92 Å². The number of carbonyl (C=O) groups excluding carboxylic acids is 1. The van der Waals surface area contributed by atoms with Gasteiger partial charge in [-0.25, -0.2) is 8.78 Å². The second-order valence-corrected chi connectivity index (χ2v) is 6.70. The highest BCUT2D eigenvalue weighted by molar-refractivity contribution is 5.83. The minimum absolute atomic E-state index is 0.0324. The number of carbonyl (C=O) groups is 1. The van der Waals surface area contributed by atoms with Crippen LogP contribution in [0.15, 0.2) is 36.5 Å². The molecular formula is C19H17F5N2O2. The number of amides is 1. The summed E-state index contributed by atoms with van der Waals surface area (Å²) in [5.41, 5.74) is 0.885. The molecule has 1 N–H and O–H groups in total. The fourth-order valence-electron chi connectivity index (χ4n) is 2.94. The Hall–Kier alpha value is -2.71. The van der Waals surface area contributed by atoms with Gasteiger partial charge >= 0.3 is 6.18 Å². The normalized spacial score (nSPS) is 19.8. The van der Waals surface area contributed by atoms with Crippen LogP contribution in [0.4, 0.5) is 22.0 Å². The van der Waals surface area contributed by atoms with Gasteiger partial charge in [0.25, 0.3) is 0 Å². The van der Waals surface area contributed by atoms with Gasteiger partial charge in [-0.3, -0.25) is 9.78 Å². The molecule has 1 saturated carbocycles. The third kappa shape index (κ3) is 5.17. The number of rotatable bonds is 6. The monoisotopic (exact) mass is 400 g/mol. The number of ether oxygens (including phenoxy) is 1. The lowest BCUT2D eigenvalue weighted by Crippen LogP contribution is -2.29. The van der Waals surface area contributed by atoms with Crippen LogP contribution in [0.5, 0.6) is 5.75 Å². The van der Waals surface area contributed by atoms with Gasteiger partial charge in [0.1, 0.15) is 17.4 Å². The zero-order valence-corrected chi connectivity index (χ0v) is 14.8. The smallest absolute Gasteiger partial charge is 0.422 e. The molecule has 28 heavy (non-hydrogen) atoms. The zero-order valence-electron chi connectivity index (χ0n) is 14.8. The lowest BCUT2D eigenvalue weighted by Gasteiger charge is -2.14. The van der Waals surface area contributed by atoms with Crippen molar-refractivity contribution in [1.82, 2.24) is 10.3 Å². The molecule has 1 amide bonds. The van der Waals surface area contributed by atoms with Gasteiger partial charge in [0.2, 0.25) is 5.91 Å². The third-order valence-electron chi connectivity index (χ3n) is 4.40. The van der Waals surface area contributed by atoms with Crippen LogP contribution in [0.3, 0.4) is 0 Å². The van der Waals surface area contributed by atoms with Gasteiger partial charge in [-0.2, -0.15) is 13.2 Å². The van der Waals surface area contributed by atoms with E-state index in [1.165, 1.54) is 24.3 Å². The Morgan fingerprint density at radius 3 is 2.50 bits per heavy atom. The van der Waals surface area contributed by atoms with Crippen molar-refractivity contribution in [2.75, 3.05) is 6.61 Å². The molecule has 3 rings (SSSR count). The van der Waals surface area contributed by atoms with Gasteiger partial charge in [-0.05, 0) is 49.1 Å². The molecule has 1 fully saturated rings. The van der Waals surface area contributed by atoms with Crippen LogP contribution in [-0.4, -0.2) is 23.7 Å². The minimum Gasteiger partial charge on any atom is -0.483 e. The Balaban J connectivity index is 1.55. The van der Waals surface area contributed by atoms with Crippen LogP contribution < -0.4 is 10.1 Å². The molecule has 0 radical (unpaired) electrons. The summed E-state index contributed by atoms with van der Waals surface area (Å²) in [5, 5.41) is 2.75. The summed E-state index contributed by atoms with van der Waals surface area (Å²) in [6.07, 6.45) is -2.80. The van der Waals surface area contributed by atoms with E-state index in [0.717, 1.165) is 12.3 Å². The summed E-state index contributed by atoms with van der Waals surface area (Å²) in [6, 6.07) is 5.51. The largest absolute Gasteiger partial charge is 0.483 e. The average molecular weight is 400 g/mol. The van der Waals surface area contributed by atoms with Gasteiger partial charge in [-0.1, -0.05) is 0 Å². The number of benzene rings is 1. The van der Waals surface area contributed by atoms with E-state index in [4.69, 9.17) is 0 Å². The fraction of sp³-hybridized carbons (Fsp3) is 0.368. The molecule has 1 heterocycles. The minimum atomic E-state index is -4.44. The van der Waals surface area contributed by atoms with Crippen LogP contribution in [0, 0.1) is 17.6 Å². The summed E-state index contributed by atoms with van der Waals surface area (Å²) in [4.78, 5) is 16.4. The molecule has 2 aromatic rings. The van der Waals surface area contributed by atoms with Crippen molar-refractivity contribution >= 4 is 5.91 Å². The predicted molar refractivity (Wildman–Crippen MR) is 89.6 cm³/mol. The van der Waals surface area contributed by atoms with Crippen molar-refractivity contribution in [3.05, 3.63) is 59.4 Å². The van der Waals surface area contributed by atoms with Gasteiger partial charge in [-0.15, -0.1) is 0 Å². The molecule has 0 spiro atoms. The molecule has 0 bridgehead atoms. The first-order chi connectivity index (χ1) is 13.1. The van der Waals surface area contributed by atoms with Gasteiger partial charge < -0.3 is 10.1 Å². The Labute approximate surface area is 157 Å². The van der Waals surface area contributed by atoms with E-state index in [2.05, 4.69) is 15.0 Å². The molecule has 0 saturated heterocycles. The number of alkyl halides is 3. The Kier molecular flexibility index (Phi) is 5.53. The molecule has 0 aliphatic heterocycles. The van der Waals surface area contributed by atoms with Crippen molar-refractivity contribution in [1.29, 1.82) is 0 Å². The average Bonchev–Trinajstić information content (AvgIpc) is 3.40. The summed E-state index contributed by atoms with van der Waals surface area (Å²) >= 11 is 0. The highest BCUT2D eigenvalue weighted by Crippen LogP contribution is 2.48. The van der Waals surface area contributed by atoms with Crippen molar-refractivity contribution in [2.24, 2.45) is 5.92 Å². The lowest BCUT2D eigenvalue weighted by atomic mass is 10.1. The molecule has 1 aromatic heterocycles. The molecule has 1 aliphatic carbocycles. The number of hydrogen-bond donors (Lipinski definition) is 1. The SMILES string of the molecule is C[C@@H](NC(=O)C1CC1c1cc(F)cc(F)c1)c1ccc(OCC(F)(F)F)cn1. The lowest BCUT2D eigenvalue weighted by molar-refractivity contribution is -0.153. The predicted octanol–water partition coefficient (Wildman–Crippen LogP) is 4.28. The standard InChI is InChI=1S/C19H17F5N2O2/c1-10(17-3-2-14(8-25-17)28-9-19(22,23)24)26-18(27)16-7-15(16)11-4-12(20)6-13(21)5-11/h2-6,8,10,15-16H,7,9H2,1H3,(H,26,27)/t10-,15?,16?/m1/s1. The van der Waals surface area contributed by atoms with Crippen LogP contribution in [0.2, 0.25) is 0 Å². The Morgan fingerprint density at radius 2 is 1.93 bits per heavy atom. The van der Waals surface area contributed by atoms with Crippen molar-refractivity contribution < 1.29 is 31.5 Å². The Morgan fingerprint density at radius 1 is 1.25 bits per heavy atom. The maximum absolute atomic E-state index is 13.3. The van der Waals surface area contributed by atoms with Crippen LogP contribution in [0.25, 0.3) is 0 Å². The molecule has 2 unspecified atom stereocenters. The number of aromatic nitrogens is 1. The number of nitrogens with zero attached hydrogens (tertiary/aromatic N) is 1. The summed E-state index contributed by atoms with van der Waals surface area (Å²) in [7, 11) is 0. The first kappa shape index (κ1) is 20.0. The van der Waals surface area contributed by atoms with Crippen molar-refractivity contribution in [2.45, 2.75) is 31.5 Å². The van der Waals surface area contributed by atoms with Crippen LogP contribution in [0.1, 0.15) is 36.6 Å². The number of pyridine rings is 1. The summed E-state index contributed by atoms with van der Waals surface area (Å²) < 4.78 is 67.6. The molecule has 4 nitrogen and oxygen atoms in total. The van der Waals surface area contributed by atoms with Crippen LogP contribution in [-0.2, 0) is 4.79 Å². The molecule has 1 aliphatic rings. The molecule has 3 atom stereocenters. The summed E-state index contributed by atoms with van der Waals surface area (Å²) in [6.45, 7) is 0.264. The van der Waals surface area contributed by atoms with Gasteiger partial charge in [0, 0.05) is 12.0 Å². The molecular weight excluding hydrogens is 383 g/mol. The third-order valence-corrected chi connectivity index (χ3v) is 4.40. The molecule has 9 heteroatoms. The van der Waals surface area contributed by atoms with E-state index in [1.807, 2.05) is 0 Å². The number of hydrogen-bond acceptors (Lipinski definition) is 3. The van der Waals surface area contributed by atoms with Gasteiger partial charge in [0.05, 0.1) is 17.9 Å². The highest BCUT2D eigenvalue weighted by Gasteiger charge is 2.44. The molecule has 1 aromatic carbocycles. The van der Waals surface area contributed by atoms with Gasteiger partial charge in [0.15, 0.2) is 6.61 Å². The van der Waals surface area contributed by atoms with E-state index in [-0.39, 0.29) is 17.6 Å². The first-order valence-corrected chi connectivity index (χ1v) is 8.54. The zero-order chi connectivity index (χ0) is 20.5. The fourth-order valence-corrected chi connectivity index (χ4v) is 2.94. The Bertz CT molecular complexity index is 834. The van der Waals surface area contributed by atoms with Crippen molar-refractivity contribution in [3.8, 4) is 5.75 Å². The quantitative estimate of drug-likeness (QED) is 0.737. The summed E-state index contributed by atoms with van der Waals surface area (Å²) in [5.74, 6) is -2.32.